The fourth-order valence-corrected chi connectivity index (χ4v) is 3.71. The van der Waals surface area contributed by atoms with E-state index in [4.69, 9.17) is 0 Å². The van der Waals surface area contributed by atoms with Crippen LogP contribution in [-0.2, 0) is 16.4 Å². The Kier molecular flexibility index (Phi) is 3.53. The molecule has 0 amide bonds. The van der Waals surface area contributed by atoms with Crippen LogP contribution in [0.15, 0.2) is 12.5 Å². The molecule has 1 aromatic heterocycles. The van der Waals surface area contributed by atoms with E-state index in [-0.39, 0.29) is 11.8 Å². The minimum atomic E-state index is -2.82. The van der Waals surface area contributed by atoms with Crippen molar-refractivity contribution in [2.75, 3.05) is 11.5 Å². The molecule has 5 nitrogen and oxygen atoms in total. The van der Waals surface area contributed by atoms with Crippen molar-refractivity contribution in [1.29, 1.82) is 0 Å². The molecule has 1 atom stereocenters. The Morgan fingerprint density at radius 1 is 1.59 bits per heavy atom. The van der Waals surface area contributed by atoms with Crippen molar-refractivity contribution in [1.82, 2.24) is 14.9 Å². The van der Waals surface area contributed by atoms with E-state index in [0.29, 0.717) is 18.2 Å². The molecule has 96 valence electrons. The summed E-state index contributed by atoms with van der Waals surface area (Å²) in [5.74, 6) is 0.551. The molecular formula is C11H19N3O2S. The Hall–Kier alpha value is -0.880. The lowest BCUT2D eigenvalue weighted by molar-refractivity contribution is 0.552. The molecule has 1 aliphatic rings. The van der Waals surface area contributed by atoms with Crippen LogP contribution in [0.2, 0.25) is 0 Å². The number of hydrogen-bond donors (Lipinski definition) is 1. The third kappa shape index (κ3) is 3.29. The molecule has 0 radical (unpaired) electrons. The normalized spacial score (nSPS) is 23.4. The van der Waals surface area contributed by atoms with Crippen LogP contribution >= 0.6 is 0 Å². The Morgan fingerprint density at radius 3 is 2.94 bits per heavy atom. The second-order valence-electron chi connectivity index (χ2n) is 4.90. The van der Waals surface area contributed by atoms with Crippen LogP contribution in [0.25, 0.3) is 0 Å². The van der Waals surface area contributed by atoms with Crippen LogP contribution in [0, 0.1) is 0 Å². The number of sulfone groups is 1. The maximum atomic E-state index is 11.4. The lowest BCUT2D eigenvalue weighted by Gasteiger charge is -2.08. The molecule has 1 aliphatic heterocycles. The van der Waals surface area contributed by atoms with Gasteiger partial charge in [0.2, 0.25) is 0 Å². The van der Waals surface area contributed by atoms with E-state index in [2.05, 4.69) is 24.1 Å². The zero-order chi connectivity index (χ0) is 12.5. The Balaban J connectivity index is 1.99. The van der Waals surface area contributed by atoms with Crippen molar-refractivity contribution in [3.63, 3.8) is 0 Å². The first kappa shape index (κ1) is 12.6. The molecule has 2 rings (SSSR count). The lowest BCUT2D eigenvalue weighted by Crippen LogP contribution is -2.22. The highest BCUT2D eigenvalue weighted by Gasteiger charge is 2.28. The quantitative estimate of drug-likeness (QED) is 0.864. The lowest BCUT2D eigenvalue weighted by atomic mass is 10.2. The SMILES string of the molecule is CC(C)NCc1cn(C2CCS(=O)(=O)C2)cn1. The van der Waals surface area contributed by atoms with E-state index in [1.807, 2.05) is 10.8 Å². The van der Waals surface area contributed by atoms with Gasteiger partial charge in [-0.2, -0.15) is 0 Å². The van der Waals surface area contributed by atoms with Gasteiger partial charge in [-0.3, -0.25) is 0 Å². The first-order valence-electron chi connectivity index (χ1n) is 5.92. The Labute approximate surface area is 102 Å². The van der Waals surface area contributed by atoms with Crippen LogP contribution < -0.4 is 5.32 Å². The van der Waals surface area contributed by atoms with Crippen molar-refractivity contribution in [3.05, 3.63) is 18.2 Å². The summed E-state index contributed by atoms with van der Waals surface area (Å²) in [6, 6.07) is 0.493. The summed E-state index contributed by atoms with van der Waals surface area (Å²) in [7, 11) is -2.82. The van der Waals surface area contributed by atoms with Gasteiger partial charge < -0.3 is 9.88 Å². The van der Waals surface area contributed by atoms with E-state index in [1.165, 1.54) is 0 Å². The topological polar surface area (TPSA) is 64.0 Å². The molecule has 2 heterocycles. The monoisotopic (exact) mass is 257 g/mol. The Morgan fingerprint density at radius 2 is 2.35 bits per heavy atom. The fourth-order valence-electron chi connectivity index (χ4n) is 1.99. The zero-order valence-electron chi connectivity index (χ0n) is 10.3. The summed E-state index contributed by atoms with van der Waals surface area (Å²) in [6.07, 6.45) is 4.39. The summed E-state index contributed by atoms with van der Waals surface area (Å²) >= 11 is 0. The second-order valence-corrected chi connectivity index (χ2v) is 7.13. The first-order valence-corrected chi connectivity index (χ1v) is 7.74. The van der Waals surface area contributed by atoms with Crippen molar-refractivity contribution < 1.29 is 8.42 Å². The third-order valence-corrected chi connectivity index (χ3v) is 4.73. The molecule has 0 bridgehead atoms. The molecule has 1 N–H and O–H groups in total. The molecule has 0 saturated carbocycles. The number of nitrogens with zero attached hydrogens (tertiary/aromatic N) is 2. The largest absolute Gasteiger partial charge is 0.333 e. The molecule has 1 saturated heterocycles. The summed E-state index contributed by atoms with van der Waals surface area (Å²) in [6.45, 7) is 4.89. The summed E-state index contributed by atoms with van der Waals surface area (Å²) < 4.78 is 24.7. The van der Waals surface area contributed by atoms with Crippen LogP contribution in [0.1, 0.15) is 32.0 Å². The number of aromatic nitrogens is 2. The van der Waals surface area contributed by atoms with Gasteiger partial charge in [-0.1, -0.05) is 13.8 Å². The van der Waals surface area contributed by atoms with Gasteiger partial charge in [0.1, 0.15) is 0 Å². The maximum Gasteiger partial charge on any atom is 0.152 e. The van der Waals surface area contributed by atoms with Crippen molar-refractivity contribution in [2.45, 2.75) is 38.9 Å². The van der Waals surface area contributed by atoms with Gasteiger partial charge in [0.15, 0.2) is 9.84 Å². The molecule has 6 heteroatoms. The van der Waals surface area contributed by atoms with Gasteiger partial charge in [0.05, 0.1) is 23.5 Å². The van der Waals surface area contributed by atoms with Crippen molar-refractivity contribution in [2.24, 2.45) is 0 Å². The average molecular weight is 257 g/mol. The van der Waals surface area contributed by atoms with Crippen LogP contribution in [0.3, 0.4) is 0 Å². The van der Waals surface area contributed by atoms with Gasteiger partial charge in [-0.15, -0.1) is 0 Å². The van der Waals surface area contributed by atoms with E-state index >= 15 is 0 Å². The molecule has 17 heavy (non-hydrogen) atoms. The molecule has 1 fully saturated rings. The van der Waals surface area contributed by atoms with E-state index < -0.39 is 9.84 Å². The van der Waals surface area contributed by atoms with Gasteiger partial charge in [-0.25, -0.2) is 13.4 Å². The summed E-state index contributed by atoms with van der Waals surface area (Å²) in [5, 5.41) is 3.29. The van der Waals surface area contributed by atoms with Gasteiger partial charge in [0, 0.05) is 24.8 Å². The first-order chi connectivity index (χ1) is 7.96. The summed E-state index contributed by atoms with van der Waals surface area (Å²) in [5.41, 5.74) is 0.961. The van der Waals surface area contributed by atoms with Crippen LogP contribution in [0.5, 0.6) is 0 Å². The number of imidazole rings is 1. The van der Waals surface area contributed by atoms with Gasteiger partial charge in [0.25, 0.3) is 0 Å². The van der Waals surface area contributed by atoms with Crippen LogP contribution in [0.4, 0.5) is 0 Å². The minimum Gasteiger partial charge on any atom is -0.333 e. The number of hydrogen-bond acceptors (Lipinski definition) is 4. The Bertz CT molecular complexity index is 479. The minimum absolute atomic E-state index is 0.0697. The third-order valence-electron chi connectivity index (χ3n) is 2.98. The average Bonchev–Trinajstić information content (AvgIpc) is 2.81. The highest BCUT2D eigenvalue weighted by molar-refractivity contribution is 7.91. The van der Waals surface area contributed by atoms with E-state index in [1.54, 1.807) is 6.33 Å². The molecule has 0 spiro atoms. The van der Waals surface area contributed by atoms with Crippen molar-refractivity contribution in [3.8, 4) is 0 Å². The molecule has 1 aromatic rings. The second kappa shape index (κ2) is 4.78. The van der Waals surface area contributed by atoms with Gasteiger partial charge >= 0.3 is 0 Å². The zero-order valence-corrected chi connectivity index (χ0v) is 11.1. The standard InChI is InChI=1S/C11H19N3O2S/c1-9(2)12-5-10-6-14(8-13-10)11-3-4-17(15,16)7-11/h6,8-9,11-12H,3-5,7H2,1-2H3. The number of rotatable bonds is 4. The van der Waals surface area contributed by atoms with E-state index in [9.17, 15) is 8.42 Å². The fraction of sp³-hybridized carbons (Fsp3) is 0.727. The molecule has 0 aliphatic carbocycles. The highest BCUT2D eigenvalue weighted by Crippen LogP contribution is 2.23. The highest BCUT2D eigenvalue weighted by atomic mass is 32.2. The smallest absolute Gasteiger partial charge is 0.152 e. The van der Waals surface area contributed by atoms with Gasteiger partial charge in [-0.05, 0) is 6.42 Å². The molecule has 0 aromatic carbocycles. The van der Waals surface area contributed by atoms with E-state index in [0.717, 1.165) is 12.2 Å². The predicted molar refractivity (Wildman–Crippen MR) is 66.5 cm³/mol. The number of nitrogens with one attached hydrogen (secondary N) is 1. The molecule has 1 unspecified atom stereocenters. The van der Waals surface area contributed by atoms with Crippen LogP contribution in [-0.4, -0.2) is 35.5 Å². The van der Waals surface area contributed by atoms with Crippen molar-refractivity contribution >= 4 is 9.84 Å². The maximum absolute atomic E-state index is 11.4. The molecular weight excluding hydrogens is 238 g/mol. The summed E-state index contributed by atoms with van der Waals surface area (Å²) in [4.78, 5) is 4.29. The predicted octanol–water partition coefficient (Wildman–Crippen LogP) is 0.741.